The van der Waals surface area contributed by atoms with Crippen LogP contribution in [0.2, 0.25) is 0 Å². The minimum atomic E-state index is -0.958. The molecule has 0 aliphatic rings. The Morgan fingerprint density at radius 1 is 0.944 bits per heavy atom. The van der Waals surface area contributed by atoms with Crippen molar-refractivity contribution in [3.8, 4) is 0 Å². The van der Waals surface area contributed by atoms with E-state index in [-0.39, 0.29) is 5.56 Å². The van der Waals surface area contributed by atoms with Crippen molar-refractivity contribution in [3.63, 3.8) is 0 Å². The van der Waals surface area contributed by atoms with E-state index >= 15 is 0 Å². The monoisotopic (exact) mass is 436 g/mol. The fourth-order valence-corrected chi connectivity index (χ4v) is 1.56. The van der Waals surface area contributed by atoms with Crippen LogP contribution in [0.5, 0.6) is 0 Å². The van der Waals surface area contributed by atoms with Gasteiger partial charge in [-0.05, 0) is 72.1 Å². The molecular formula is C11H7Br3N2O2. The van der Waals surface area contributed by atoms with Crippen LogP contribution < -0.4 is 0 Å². The number of carboxylic acid groups (broad SMARTS) is 1. The maximum Gasteiger partial charge on any atom is 0.337 e. The third-order valence-electron chi connectivity index (χ3n) is 1.67. The normalized spacial score (nSPS) is 9.28. The van der Waals surface area contributed by atoms with Crippen LogP contribution in [-0.2, 0) is 0 Å². The summed E-state index contributed by atoms with van der Waals surface area (Å²) in [7, 11) is 0. The molecule has 2 aromatic heterocycles. The highest BCUT2D eigenvalue weighted by Gasteiger charge is 2.00. The smallest absolute Gasteiger partial charge is 0.337 e. The van der Waals surface area contributed by atoms with Crippen molar-refractivity contribution >= 4 is 53.8 Å². The first-order valence-electron chi connectivity index (χ1n) is 4.61. The Morgan fingerprint density at radius 2 is 1.50 bits per heavy atom. The van der Waals surface area contributed by atoms with Gasteiger partial charge in [0.15, 0.2) is 0 Å². The van der Waals surface area contributed by atoms with E-state index in [0.29, 0.717) is 4.60 Å². The number of hydrogen-bond donors (Lipinski definition) is 1. The van der Waals surface area contributed by atoms with Crippen LogP contribution in [0, 0.1) is 0 Å². The van der Waals surface area contributed by atoms with Crippen LogP contribution in [0.4, 0.5) is 0 Å². The zero-order valence-corrected chi connectivity index (χ0v) is 13.6. The quantitative estimate of drug-likeness (QED) is 0.679. The molecule has 0 amide bonds. The number of hydrogen-bond acceptors (Lipinski definition) is 3. The molecule has 0 aliphatic heterocycles. The zero-order chi connectivity index (χ0) is 13.5. The van der Waals surface area contributed by atoms with Crippen molar-refractivity contribution in [1.82, 2.24) is 9.97 Å². The van der Waals surface area contributed by atoms with Gasteiger partial charge < -0.3 is 5.11 Å². The zero-order valence-electron chi connectivity index (χ0n) is 8.85. The highest BCUT2D eigenvalue weighted by molar-refractivity contribution is 9.11. The van der Waals surface area contributed by atoms with Crippen molar-refractivity contribution in [3.05, 3.63) is 55.9 Å². The Hall–Kier alpha value is -0.790. The van der Waals surface area contributed by atoms with Gasteiger partial charge in [0, 0.05) is 16.9 Å². The number of carboxylic acids is 1. The first kappa shape index (κ1) is 15.3. The van der Waals surface area contributed by atoms with Gasteiger partial charge in [-0.3, -0.25) is 0 Å². The van der Waals surface area contributed by atoms with Crippen LogP contribution in [0.1, 0.15) is 10.4 Å². The van der Waals surface area contributed by atoms with Crippen LogP contribution in [0.25, 0.3) is 0 Å². The van der Waals surface area contributed by atoms with Gasteiger partial charge in [0.05, 0.1) is 5.56 Å². The SMILES string of the molecule is Brc1ccc(Br)nc1.O=C(O)c1ccc(Br)nc1. The van der Waals surface area contributed by atoms with Crippen LogP contribution in [0.15, 0.2) is 50.3 Å². The number of halogens is 3. The van der Waals surface area contributed by atoms with Gasteiger partial charge >= 0.3 is 5.97 Å². The summed E-state index contributed by atoms with van der Waals surface area (Å²) in [6.07, 6.45) is 3.04. The van der Waals surface area contributed by atoms with E-state index in [2.05, 4.69) is 57.8 Å². The molecule has 2 heterocycles. The molecule has 4 nitrogen and oxygen atoms in total. The fourth-order valence-electron chi connectivity index (χ4n) is 0.860. The molecule has 1 N–H and O–H groups in total. The Bertz CT molecular complexity index is 494. The third kappa shape index (κ3) is 5.70. The van der Waals surface area contributed by atoms with Gasteiger partial charge in [0.1, 0.15) is 9.21 Å². The molecule has 0 saturated heterocycles. The molecular weight excluding hydrogens is 432 g/mol. The second-order valence-electron chi connectivity index (χ2n) is 2.97. The second-order valence-corrected chi connectivity index (χ2v) is 5.51. The molecule has 2 rings (SSSR count). The molecule has 94 valence electrons. The number of carbonyl (C=O) groups is 1. The first-order chi connectivity index (χ1) is 8.49. The van der Waals surface area contributed by atoms with Crippen LogP contribution in [0.3, 0.4) is 0 Å². The van der Waals surface area contributed by atoms with Gasteiger partial charge in [-0.1, -0.05) is 0 Å². The highest BCUT2D eigenvalue weighted by atomic mass is 79.9. The van der Waals surface area contributed by atoms with Gasteiger partial charge in [-0.15, -0.1) is 0 Å². The van der Waals surface area contributed by atoms with Crippen molar-refractivity contribution < 1.29 is 9.90 Å². The van der Waals surface area contributed by atoms with Crippen molar-refractivity contribution in [2.24, 2.45) is 0 Å². The van der Waals surface area contributed by atoms with E-state index in [1.165, 1.54) is 12.3 Å². The standard InChI is InChI=1S/C6H4BrNO2.C5H3Br2N/c7-5-2-1-4(3-8-5)6(9)10;6-4-1-2-5(7)8-3-4/h1-3H,(H,9,10);1-3H. The molecule has 0 spiro atoms. The number of aromatic carboxylic acids is 1. The predicted octanol–water partition coefficient (Wildman–Crippen LogP) is 4.15. The Morgan fingerprint density at radius 3 is 1.83 bits per heavy atom. The van der Waals surface area contributed by atoms with Crippen molar-refractivity contribution in [2.75, 3.05) is 0 Å². The molecule has 7 heteroatoms. The summed E-state index contributed by atoms with van der Waals surface area (Å²) in [6.45, 7) is 0. The average Bonchev–Trinajstić information content (AvgIpc) is 2.34. The lowest BCUT2D eigenvalue weighted by molar-refractivity contribution is 0.0696. The fraction of sp³-hybridized carbons (Fsp3) is 0. The summed E-state index contributed by atoms with van der Waals surface area (Å²) in [5.41, 5.74) is 0.197. The molecule has 0 unspecified atom stereocenters. The summed E-state index contributed by atoms with van der Waals surface area (Å²) in [6, 6.07) is 6.88. The predicted molar refractivity (Wildman–Crippen MR) is 78.5 cm³/mol. The van der Waals surface area contributed by atoms with Crippen molar-refractivity contribution in [2.45, 2.75) is 0 Å². The van der Waals surface area contributed by atoms with E-state index in [1.54, 1.807) is 12.3 Å². The van der Waals surface area contributed by atoms with Gasteiger partial charge in [-0.2, -0.15) is 0 Å². The van der Waals surface area contributed by atoms with E-state index in [9.17, 15) is 4.79 Å². The Balaban J connectivity index is 0.000000184. The lowest BCUT2D eigenvalue weighted by Crippen LogP contribution is -1.95. The summed E-state index contributed by atoms with van der Waals surface area (Å²) in [5, 5.41) is 8.42. The number of rotatable bonds is 1. The van der Waals surface area contributed by atoms with Crippen LogP contribution in [-0.4, -0.2) is 21.0 Å². The largest absolute Gasteiger partial charge is 0.478 e. The van der Waals surface area contributed by atoms with E-state index in [4.69, 9.17) is 5.11 Å². The summed E-state index contributed by atoms with van der Waals surface area (Å²) in [5.74, 6) is -0.958. The molecule has 0 fully saturated rings. The molecule has 0 bridgehead atoms. The number of nitrogens with zero attached hydrogens (tertiary/aromatic N) is 2. The molecule has 0 atom stereocenters. The average molecular weight is 439 g/mol. The molecule has 2 aromatic rings. The third-order valence-corrected chi connectivity index (χ3v) is 3.07. The molecule has 0 radical (unpaired) electrons. The van der Waals surface area contributed by atoms with E-state index < -0.39 is 5.97 Å². The minimum Gasteiger partial charge on any atom is -0.478 e. The number of pyridine rings is 2. The lowest BCUT2D eigenvalue weighted by atomic mass is 10.3. The Kier molecular flexibility index (Phi) is 6.45. The molecule has 0 saturated carbocycles. The maximum absolute atomic E-state index is 10.3. The van der Waals surface area contributed by atoms with E-state index in [1.807, 2.05) is 12.1 Å². The summed E-state index contributed by atoms with van der Waals surface area (Å²) in [4.78, 5) is 17.9. The first-order valence-corrected chi connectivity index (χ1v) is 6.99. The second kappa shape index (κ2) is 7.60. The molecule has 18 heavy (non-hydrogen) atoms. The lowest BCUT2D eigenvalue weighted by Gasteiger charge is -1.91. The van der Waals surface area contributed by atoms with Gasteiger partial charge in [0.25, 0.3) is 0 Å². The van der Waals surface area contributed by atoms with E-state index in [0.717, 1.165) is 9.08 Å². The van der Waals surface area contributed by atoms with Crippen molar-refractivity contribution in [1.29, 1.82) is 0 Å². The van der Waals surface area contributed by atoms with Crippen LogP contribution >= 0.6 is 47.8 Å². The molecule has 0 aromatic carbocycles. The Labute approximate surface area is 129 Å². The summed E-state index contributed by atoms with van der Waals surface area (Å²) >= 11 is 9.57. The topological polar surface area (TPSA) is 63.1 Å². The highest BCUT2D eigenvalue weighted by Crippen LogP contribution is 2.10. The summed E-state index contributed by atoms with van der Waals surface area (Å²) < 4.78 is 2.50. The maximum atomic E-state index is 10.3. The van der Waals surface area contributed by atoms with Gasteiger partial charge in [0.2, 0.25) is 0 Å². The number of aromatic nitrogens is 2. The molecule has 0 aliphatic carbocycles. The van der Waals surface area contributed by atoms with Gasteiger partial charge in [-0.25, -0.2) is 14.8 Å². The minimum absolute atomic E-state index is 0.197.